The van der Waals surface area contributed by atoms with Crippen molar-refractivity contribution in [2.24, 2.45) is 0 Å². The number of pyridine rings is 1. The van der Waals surface area contributed by atoms with Gasteiger partial charge >= 0.3 is 0 Å². The summed E-state index contributed by atoms with van der Waals surface area (Å²) in [4.78, 5) is 4.81. The topological polar surface area (TPSA) is 77.3 Å². The van der Waals surface area contributed by atoms with E-state index in [1.54, 1.807) is 12.1 Å². The summed E-state index contributed by atoms with van der Waals surface area (Å²) in [5, 5.41) is 13.4. The number of aromatic nitrogens is 2. The molecule has 0 atom stereocenters. The zero-order chi connectivity index (χ0) is 20.0. The lowest BCUT2D eigenvalue weighted by Crippen LogP contribution is -1.98. The van der Waals surface area contributed by atoms with Crippen LogP contribution in [0.1, 0.15) is 5.56 Å². The highest BCUT2D eigenvalue weighted by Crippen LogP contribution is 2.38. The standard InChI is InChI=1S/C22H19N3O4/c1-13-3-8-20-24-21(14-4-6-16(26)18(9-14)27-2)22(25(20)11-13)23-15-5-7-17-19(10-15)29-12-28-17/h3-11,23,26H,12H2,1-2H3. The van der Waals surface area contributed by atoms with E-state index < -0.39 is 0 Å². The lowest BCUT2D eigenvalue weighted by molar-refractivity contribution is 0.174. The quantitative estimate of drug-likeness (QED) is 0.535. The molecule has 5 rings (SSSR count). The molecule has 0 radical (unpaired) electrons. The van der Waals surface area contributed by atoms with Crippen LogP contribution in [-0.2, 0) is 0 Å². The number of hydrogen-bond acceptors (Lipinski definition) is 6. The molecule has 0 amide bonds. The summed E-state index contributed by atoms with van der Waals surface area (Å²) in [6.45, 7) is 2.26. The molecule has 3 heterocycles. The minimum absolute atomic E-state index is 0.0844. The maximum Gasteiger partial charge on any atom is 0.231 e. The third-order valence-corrected chi connectivity index (χ3v) is 4.85. The van der Waals surface area contributed by atoms with E-state index in [1.807, 2.05) is 53.9 Å². The number of ether oxygens (including phenoxy) is 3. The van der Waals surface area contributed by atoms with Gasteiger partial charge in [-0.25, -0.2) is 4.98 Å². The second-order valence-electron chi connectivity index (χ2n) is 6.82. The summed E-state index contributed by atoms with van der Waals surface area (Å²) < 4.78 is 18.2. The van der Waals surface area contributed by atoms with Crippen molar-refractivity contribution >= 4 is 17.2 Å². The molecule has 0 spiro atoms. The normalized spacial score (nSPS) is 12.3. The van der Waals surface area contributed by atoms with Gasteiger partial charge in [0.1, 0.15) is 17.2 Å². The van der Waals surface area contributed by atoms with Crippen molar-refractivity contribution in [3.8, 4) is 34.3 Å². The van der Waals surface area contributed by atoms with Crippen molar-refractivity contribution in [2.75, 3.05) is 19.2 Å². The number of aromatic hydroxyl groups is 1. The fourth-order valence-corrected chi connectivity index (χ4v) is 3.41. The number of nitrogens with one attached hydrogen (secondary N) is 1. The third kappa shape index (κ3) is 2.97. The molecule has 29 heavy (non-hydrogen) atoms. The van der Waals surface area contributed by atoms with Crippen LogP contribution in [0.3, 0.4) is 0 Å². The SMILES string of the molecule is COc1cc(-c2nc3ccc(C)cn3c2Nc2ccc3c(c2)OCO3)ccc1O. The number of nitrogens with zero attached hydrogens (tertiary/aromatic N) is 2. The molecule has 1 aliphatic heterocycles. The number of methoxy groups -OCH3 is 1. The number of benzene rings is 2. The van der Waals surface area contributed by atoms with Crippen molar-refractivity contribution in [1.82, 2.24) is 9.38 Å². The Morgan fingerprint density at radius 3 is 2.79 bits per heavy atom. The first-order chi connectivity index (χ1) is 14.1. The van der Waals surface area contributed by atoms with E-state index in [0.717, 1.165) is 39.7 Å². The van der Waals surface area contributed by atoms with E-state index >= 15 is 0 Å². The second-order valence-corrected chi connectivity index (χ2v) is 6.82. The Kier molecular flexibility index (Phi) is 3.94. The van der Waals surface area contributed by atoms with Gasteiger partial charge in [0.15, 0.2) is 23.0 Å². The first-order valence-electron chi connectivity index (χ1n) is 9.15. The van der Waals surface area contributed by atoms with Crippen molar-refractivity contribution in [3.63, 3.8) is 0 Å². The third-order valence-electron chi connectivity index (χ3n) is 4.85. The van der Waals surface area contributed by atoms with E-state index in [-0.39, 0.29) is 12.5 Å². The summed E-state index contributed by atoms with van der Waals surface area (Å²) in [7, 11) is 1.53. The zero-order valence-electron chi connectivity index (χ0n) is 16.0. The molecule has 0 unspecified atom stereocenters. The average molecular weight is 389 g/mol. The van der Waals surface area contributed by atoms with Gasteiger partial charge in [0.25, 0.3) is 0 Å². The van der Waals surface area contributed by atoms with Crippen molar-refractivity contribution < 1.29 is 19.3 Å². The number of hydrogen-bond donors (Lipinski definition) is 2. The molecule has 146 valence electrons. The minimum atomic E-state index is 0.0844. The Morgan fingerprint density at radius 2 is 1.93 bits per heavy atom. The predicted octanol–water partition coefficient (Wildman–Crippen LogP) is 4.50. The van der Waals surface area contributed by atoms with Crippen LogP contribution in [0.4, 0.5) is 11.5 Å². The number of phenolic OH excluding ortho intramolecular Hbond substituents is 1. The van der Waals surface area contributed by atoms with Gasteiger partial charge in [0.2, 0.25) is 6.79 Å². The summed E-state index contributed by atoms with van der Waals surface area (Å²) in [6, 6.07) is 14.9. The molecule has 0 aliphatic carbocycles. The predicted molar refractivity (Wildman–Crippen MR) is 109 cm³/mol. The molecule has 7 heteroatoms. The highest BCUT2D eigenvalue weighted by molar-refractivity contribution is 5.81. The van der Waals surface area contributed by atoms with Gasteiger partial charge in [-0.2, -0.15) is 0 Å². The lowest BCUT2D eigenvalue weighted by Gasteiger charge is -2.11. The molecule has 0 fully saturated rings. The first kappa shape index (κ1) is 17.2. The molecule has 0 saturated heterocycles. The van der Waals surface area contributed by atoms with Gasteiger partial charge in [0.05, 0.1) is 7.11 Å². The van der Waals surface area contributed by atoms with E-state index in [0.29, 0.717) is 11.5 Å². The number of anilines is 2. The molecule has 7 nitrogen and oxygen atoms in total. The molecular formula is C22H19N3O4. The number of imidazole rings is 1. The van der Waals surface area contributed by atoms with Crippen LogP contribution >= 0.6 is 0 Å². The largest absolute Gasteiger partial charge is 0.504 e. The maximum atomic E-state index is 9.96. The van der Waals surface area contributed by atoms with Crippen molar-refractivity contribution in [1.29, 1.82) is 0 Å². The van der Waals surface area contributed by atoms with Crippen molar-refractivity contribution in [3.05, 3.63) is 60.3 Å². The highest BCUT2D eigenvalue weighted by Gasteiger charge is 2.18. The van der Waals surface area contributed by atoms with E-state index in [4.69, 9.17) is 19.2 Å². The molecule has 2 aromatic carbocycles. The van der Waals surface area contributed by atoms with Gasteiger partial charge in [-0.05, 0) is 48.9 Å². The molecule has 0 bridgehead atoms. The van der Waals surface area contributed by atoms with Crippen LogP contribution in [0.25, 0.3) is 16.9 Å². The van der Waals surface area contributed by atoms with Gasteiger partial charge in [0, 0.05) is 23.5 Å². The maximum absolute atomic E-state index is 9.96. The molecule has 0 saturated carbocycles. The van der Waals surface area contributed by atoms with Crippen LogP contribution in [0, 0.1) is 6.92 Å². The fraction of sp³-hybridized carbons (Fsp3) is 0.136. The smallest absolute Gasteiger partial charge is 0.231 e. The Bertz CT molecular complexity index is 1230. The number of aryl methyl sites for hydroxylation is 1. The minimum Gasteiger partial charge on any atom is -0.504 e. The number of rotatable bonds is 4. The van der Waals surface area contributed by atoms with E-state index in [9.17, 15) is 5.11 Å². The van der Waals surface area contributed by atoms with Crippen LogP contribution in [0.2, 0.25) is 0 Å². The van der Waals surface area contributed by atoms with Gasteiger partial charge in [-0.3, -0.25) is 4.40 Å². The van der Waals surface area contributed by atoms with Crippen LogP contribution in [0.15, 0.2) is 54.7 Å². The van der Waals surface area contributed by atoms with Crippen LogP contribution in [0.5, 0.6) is 23.0 Å². The van der Waals surface area contributed by atoms with Gasteiger partial charge in [-0.1, -0.05) is 6.07 Å². The fourth-order valence-electron chi connectivity index (χ4n) is 3.41. The Labute approximate surface area is 167 Å². The Hall–Kier alpha value is -3.87. The van der Waals surface area contributed by atoms with Crippen molar-refractivity contribution in [2.45, 2.75) is 6.92 Å². The molecule has 1 aliphatic rings. The van der Waals surface area contributed by atoms with Crippen LogP contribution < -0.4 is 19.5 Å². The zero-order valence-corrected chi connectivity index (χ0v) is 16.0. The first-order valence-corrected chi connectivity index (χ1v) is 9.15. The van der Waals surface area contributed by atoms with E-state index in [1.165, 1.54) is 7.11 Å². The Balaban J connectivity index is 1.66. The number of fused-ring (bicyclic) bond motifs is 2. The summed E-state index contributed by atoms with van der Waals surface area (Å²) in [5.41, 5.74) is 4.33. The summed E-state index contributed by atoms with van der Waals surface area (Å²) in [5.74, 6) is 2.71. The van der Waals surface area contributed by atoms with Crippen LogP contribution in [-0.4, -0.2) is 28.4 Å². The molecule has 2 aromatic heterocycles. The summed E-state index contributed by atoms with van der Waals surface area (Å²) >= 11 is 0. The molecule has 2 N–H and O–H groups in total. The molecule has 4 aromatic rings. The van der Waals surface area contributed by atoms with E-state index in [2.05, 4.69) is 5.32 Å². The lowest BCUT2D eigenvalue weighted by atomic mass is 10.1. The van der Waals surface area contributed by atoms with Gasteiger partial charge in [-0.15, -0.1) is 0 Å². The Morgan fingerprint density at radius 1 is 1.07 bits per heavy atom. The molecular weight excluding hydrogens is 370 g/mol. The average Bonchev–Trinajstić information content (AvgIpc) is 3.33. The second kappa shape index (κ2) is 6.63. The number of phenols is 1. The monoisotopic (exact) mass is 389 g/mol. The highest BCUT2D eigenvalue weighted by atomic mass is 16.7. The summed E-state index contributed by atoms with van der Waals surface area (Å²) in [6.07, 6.45) is 2.03. The van der Waals surface area contributed by atoms with Gasteiger partial charge < -0.3 is 24.6 Å².